The maximum atomic E-state index is 12.5. The number of nitrogens with one attached hydrogen (secondary N) is 3. The molecular formula is C25H29N3O5. The summed E-state index contributed by atoms with van der Waals surface area (Å²) in [4.78, 5) is 49.6. The Kier molecular flexibility index (Phi) is 8.57. The standard InChI is InChI=1S/C25H29N3O5/c1-33-25(32)19(14-8-13-17-9-4-2-5-10-17)26-22(29)16-21-24(31)27-20(23(30)28-21)15-18-11-6-3-7-12-18/h2-7,9-12,19-21H,8,13-16H2,1H3,(H,26,29)(H,27,31)(H,28,30)/t19-,20+,21+/m1/s1. The maximum absolute atomic E-state index is 12.5. The Balaban J connectivity index is 1.50. The van der Waals surface area contributed by atoms with E-state index in [0.717, 1.165) is 17.5 Å². The molecule has 8 heteroatoms. The van der Waals surface area contributed by atoms with Gasteiger partial charge < -0.3 is 20.7 Å². The van der Waals surface area contributed by atoms with Gasteiger partial charge in [-0.3, -0.25) is 14.4 Å². The molecular weight excluding hydrogens is 422 g/mol. The highest BCUT2D eigenvalue weighted by Crippen LogP contribution is 2.10. The van der Waals surface area contributed by atoms with Gasteiger partial charge in [-0.05, 0) is 30.4 Å². The molecule has 0 aliphatic carbocycles. The Morgan fingerprint density at radius 2 is 1.48 bits per heavy atom. The summed E-state index contributed by atoms with van der Waals surface area (Å²) in [6.07, 6.45) is 1.93. The lowest BCUT2D eigenvalue weighted by Crippen LogP contribution is -2.63. The van der Waals surface area contributed by atoms with Crippen LogP contribution in [-0.2, 0) is 36.8 Å². The number of rotatable bonds is 10. The first-order valence-corrected chi connectivity index (χ1v) is 11.0. The van der Waals surface area contributed by atoms with Gasteiger partial charge in [0.25, 0.3) is 0 Å². The molecule has 33 heavy (non-hydrogen) atoms. The van der Waals surface area contributed by atoms with Gasteiger partial charge in [0.1, 0.15) is 18.1 Å². The SMILES string of the molecule is COC(=O)[C@@H](CCCc1ccccc1)NC(=O)C[C@@H]1NC(=O)[C@H](Cc2ccccc2)NC1=O. The van der Waals surface area contributed by atoms with Crippen molar-refractivity contribution >= 4 is 23.7 Å². The van der Waals surface area contributed by atoms with Gasteiger partial charge in [0.15, 0.2) is 0 Å². The quantitative estimate of drug-likeness (QED) is 0.471. The van der Waals surface area contributed by atoms with Gasteiger partial charge in [-0.2, -0.15) is 0 Å². The summed E-state index contributed by atoms with van der Waals surface area (Å²) in [6.45, 7) is 0. The van der Waals surface area contributed by atoms with Crippen LogP contribution in [-0.4, -0.2) is 48.9 Å². The first-order valence-electron chi connectivity index (χ1n) is 11.0. The molecule has 3 atom stereocenters. The van der Waals surface area contributed by atoms with E-state index in [2.05, 4.69) is 16.0 Å². The molecule has 1 heterocycles. The van der Waals surface area contributed by atoms with Crippen LogP contribution in [0.15, 0.2) is 60.7 Å². The van der Waals surface area contributed by atoms with Gasteiger partial charge in [-0.15, -0.1) is 0 Å². The van der Waals surface area contributed by atoms with Crippen LogP contribution in [0.5, 0.6) is 0 Å². The fourth-order valence-electron chi connectivity index (χ4n) is 3.80. The summed E-state index contributed by atoms with van der Waals surface area (Å²) in [5.74, 6) is -1.82. The lowest BCUT2D eigenvalue weighted by Gasteiger charge is -2.29. The van der Waals surface area contributed by atoms with Crippen molar-refractivity contribution in [1.82, 2.24) is 16.0 Å². The fourth-order valence-corrected chi connectivity index (χ4v) is 3.80. The highest BCUT2D eigenvalue weighted by Gasteiger charge is 2.35. The Morgan fingerprint density at radius 1 is 0.909 bits per heavy atom. The smallest absolute Gasteiger partial charge is 0.328 e. The van der Waals surface area contributed by atoms with E-state index in [9.17, 15) is 19.2 Å². The number of piperazine rings is 1. The van der Waals surface area contributed by atoms with Crippen LogP contribution in [0.4, 0.5) is 0 Å². The highest BCUT2D eigenvalue weighted by molar-refractivity contribution is 5.99. The summed E-state index contributed by atoms with van der Waals surface area (Å²) in [6, 6.07) is 16.7. The van der Waals surface area contributed by atoms with Gasteiger partial charge >= 0.3 is 5.97 Å². The number of amides is 3. The number of carbonyl (C=O) groups is 4. The van der Waals surface area contributed by atoms with Crippen molar-refractivity contribution < 1.29 is 23.9 Å². The number of esters is 1. The van der Waals surface area contributed by atoms with Crippen molar-refractivity contribution in [2.75, 3.05) is 7.11 Å². The highest BCUT2D eigenvalue weighted by atomic mass is 16.5. The van der Waals surface area contributed by atoms with E-state index >= 15 is 0 Å². The Labute approximate surface area is 193 Å². The Morgan fingerprint density at radius 3 is 2.12 bits per heavy atom. The average molecular weight is 452 g/mol. The van der Waals surface area contributed by atoms with Gasteiger partial charge in [0.05, 0.1) is 13.5 Å². The first-order chi connectivity index (χ1) is 16.0. The zero-order valence-electron chi connectivity index (χ0n) is 18.6. The second-order valence-corrected chi connectivity index (χ2v) is 8.04. The third kappa shape index (κ3) is 7.17. The van der Waals surface area contributed by atoms with Crippen molar-refractivity contribution in [2.45, 2.75) is 50.2 Å². The summed E-state index contributed by atoms with van der Waals surface area (Å²) in [7, 11) is 1.26. The number of ether oxygens (including phenoxy) is 1. The molecule has 0 spiro atoms. The zero-order valence-corrected chi connectivity index (χ0v) is 18.6. The van der Waals surface area contributed by atoms with E-state index in [4.69, 9.17) is 4.74 Å². The van der Waals surface area contributed by atoms with Crippen LogP contribution in [0.25, 0.3) is 0 Å². The molecule has 1 saturated heterocycles. The van der Waals surface area contributed by atoms with E-state index < -0.39 is 35.9 Å². The second-order valence-electron chi connectivity index (χ2n) is 8.04. The molecule has 0 unspecified atom stereocenters. The van der Waals surface area contributed by atoms with Crippen LogP contribution in [0.2, 0.25) is 0 Å². The van der Waals surface area contributed by atoms with Gasteiger partial charge in [-0.1, -0.05) is 60.7 Å². The second kappa shape index (κ2) is 11.8. The van der Waals surface area contributed by atoms with Crippen molar-refractivity contribution in [3.63, 3.8) is 0 Å². The number of methoxy groups -OCH3 is 1. The summed E-state index contributed by atoms with van der Waals surface area (Å²) in [5.41, 5.74) is 2.06. The number of carbonyl (C=O) groups excluding carboxylic acids is 4. The fraction of sp³-hybridized carbons (Fsp3) is 0.360. The Hall–Kier alpha value is -3.68. The molecule has 0 aromatic heterocycles. The van der Waals surface area contributed by atoms with Crippen LogP contribution in [0.3, 0.4) is 0 Å². The molecule has 2 aromatic rings. The predicted molar refractivity (Wildman–Crippen MR) is 122 cm³/mol. The predicted octanol–water partition coefficient (Wildman–Crippen LogP) is 1.28. The first kappa shape index (κ1) is 24.0. The van der Waals surface area contributed by atoms with Crippen LogP contribution in [0, 0.1) is 0 Å². The normalized spacial score (nSPS) is 18.6. The summed E-state index contributed by atoms with van der Waals surface area (Å²) in [5, 5.41) is 7.95. The summed E-state index contributed by atoms with van der Waals surface area (Å²) < 4.78 is 4.81. The molecule has 1 fully saturated rings. The molecule has 174 valence electrons. The monoisotopic (exact) mass is 451 g/mol. The molecule has 1 aliphatic rings. The summed E-state index contributed by atoms with van der Waals surface area (Å²) >= 11 is 0. The number of hydrogen-bond donors (Lipinski definition) is 3. The maximum Gasteiger partial charge on any atom is 0.328 e. The van der Waals surface area contributed by atoms with Crippen molar-refractivity contribution in [2.24, 2.45) is 0 Å². The molecule has 3 rings (SSSR count). The van der Waals surface area contributed by atoms with Crippen molar-refractivity contribution in [3.05, 3.63) is 71.8 Å². The van der Waals surface area contributed by atoms with E-state index in [0.29, 0.717) is 19.3 Å². The van der Waals surface area contributed by atoms with Gasteiger partial charge in [0.2, 0.25) is 17.7 Å². The third-order valence-corrected chi connectivity index (χ3v) is 5.56. The number of benzene rings is 2. The average Bonchev–Trinajstić information content (AvgIpc) is 2.82. The molecule has 0 radical (unpaired) electrons. The van der Waals surface area contributed by atoms with E-state index in [1.807, 2.05) is 60.7 Å². The third-order valence-electron chi connectivity index (χ3n) is 5.56. The minimum absolute atomic E-state index is 0.262. The van der Waals surface area contributed by atoms with Crippen LogP contribution >= 0.6 is 0 Å². The van der Waals surface area contributed by atoms with E-state index in [-0.39, 0.29) is 12.3 Å². The zero-order chi connectivity index (χ0) is 23.6. The van der Waals surface area contributed by atoms with Crippen LogP contribution in [0.1, 0.15) is 30.4 Å². The van der Waals surface area contributed by atoms with Gasteiger partial charge in [-0.25, -0.2) is 4.79 Å². The van der Waals surface area contributed by atoms with Gasteiger partial charge in [0, 0.05) is 6.42 Å². The number of hydrogen-bond acceptors (Lipinski definition) is 5. The lowest BCUT2D eigenvalue weighted by atomic mass is 10.0. The minimum Gasteiger partial charge on any atom is -0.467 e. The molecule has 3 amide bonds. The Bertz CT molecular complexity index is 965. The molecule has 2 aromatic carbocycles. The number of aryl methyl sites for hydroxylation is 1. The molecule has 1 aliphatic heterocycles. The van der Waals surface area contributed by atoms with Crippen molar-refractivity contribution in [3.8, 4) is 0 Å². The van der Waals surface area contributed by atoms with E-state index in [1.54, 1.807) is 0 Å². The van der Waals surface area contributed by atoms with Crippen molar-refractivity contribution in [1.29, 1.82) is 0 Å². The molecule has 8 nitrogen and oxygen atoms in total. The minimum atomic E-state index is -0.993. The van der Waals surface area contributed by atoms with E-state index in [1.165, 1.54) is 7.11 Å². The topological polar surface area (TPSA) is 114 Å². The largest absolute Gasteiger partial charge is 0.467 e. The molecule has 3 N–H and O–H groups in total. The molecule has 0 bridgehead atoms. The molecule has 0 saturated carbocycles. The van der Waals surface area contributed by atoms with Crippen LogP contribution < -0.4 is 16.0 Å². The lowest BCUT2D eigenvalue weighted by molar-refractivity contribution is -0.145.